The van der Waals surface area contributed by atoms with Crippen molar-refractivity contribution in [1.29, 1.82) is 0 Å². The summed E-state index contributed by atoms with van der Waals surface area (Å²) in [5.41, 5.74) is 5.35. The number of fused-ring (bicyclic) bond motifs is 1. The minimum atomic E-state index is 0.537. The highest BCUT2D eigenvalue weighted by Gasteiger charge is 2.07. The molecule has 1 heterocycles. The predicted molar refractivity (Wildman–Crippen MR) is 120 cm³/mol. The van der Waals surface area contributed by atoms with Gasteiger partial charge in [0.05, 0.1) is 17.6 Å². The molecule has 2 aromatic carbocycles. The molecule has 0 saturated heterocycles. The number of rotatable bonds is 9. The van der Waals surface area contributed by atoms with Gasteiger partial charge in [-0.1, -0.05) is 31.7 Å². The molecule has 0 radical (unpaired) electrons. The number of ether oxygens (including phenoxy) is 2. The maximum absolute atomic E-state index is 5.94. The molecule has 0 fully saturated rings. The third-order valence-electron chi connectivity index (χ3n) is 4.66. The largest absolute Gasteiger partial charge is 0.494 e. The van der Waals surface area contributed by atoms with E-state index in [2.05, 4.69) is 42.1 Å². The molecule has 29 heavy (non-hydrogen) atoms. The first-order valence-corrected chi connectivity index (χ1v) is 9.96. The lowest BCUT2D eigenvalue weighted by Gasteiger charge is -2.08. The van der Waals surface area contributed by atoms with E-state index >= 15 is 0 Å². The minimum absolute atomic E-state index is 0.537. The second-order valence-corrected chi connectivity index (χ2v) is 6.79. The van der Waals surface area contributed by atoms with Crippen LogP contribution in [0.3, 0.4) is 0 Å². The maximum atomic E-state index is 5.94. The van der Waals surface area contributed by atoms with Crippen LogP contribution in [0.25, 0.3) is 16.7 Å². The van der Waals surface area contributed by atoms with Gasteiger partial charge in [-0.05, 0) is 67.8 Å². The second kappa shape index (κ2) is 9.78. The summed E-state index contributed by atoms with van der Waals surface area (Å²) in [6.45, 7) is 11.2. The van der Waals surface area contributed by atoms with E-state index in [1.165, 1.54) is 5.57 Å². The SMILES string of the molecule is C=C/C(=C\C=C(/C)COc1ccc2c(c1)ncn2-c1ccc(OCC)cc1)CC. The fraction of sp³-hybridized carbons (Fsp3) is 0.240. The van der Waals surface area contributed by atoms with E-state index in [0.717, 1.165) is 40.2 Å². The second-order valence-electron chi connectivity index (χ2n) is 6.79. The van der Waals surface area contributed by atoms with Crippen molar-refractivity contribution < 1.29 is 9.47 Å². The molecule has 0 aliphatic heterocycles. The van der Waals surface area contributed by atoms with Crippen LogP contribution in [0.5, 0.6) is 11.5 Å². The number of benzene rings is 2. The monoisotopic (exact) mass is 388 g/mol. The Hall–Kier alpha value is -3.27. The molecule has 4 nitrogen and oxygen atoms in total. The van der Waals surface area contributed by atoms with Gasteiger partial charge in [0, 0.05) is 11.8 Å². The van der Waals surface area contributed by atoms with Crippen LogP contribution in [0.2, 0.25) is 0 Å². The molecule has 150 valence electrons. The Kier molecular flexibility index (Phi) is 6.90. The summed E-state index contributed by atoms with van der Waals surface area (Å²) < 4.78 is 13.5. The van der Waals surface area contributed by atoms with Gasteiger partial charge in [-0.25, -0.2) is 4.98 Å². The standard InChI is InChI=1S/C25H28N2O2/c1-5-20(6-2)9-8-19(4)17-29-23-14-15-25-24(16-23)26-18-27(25)21-10-12-22(13-11-21)28-7-3/h5,8-16,18H,1,6-7,17H2,2-4H3/b19-8+,20-9+. The number of aromatic nitrogens is 2. The van der Waals surface area contributed by atoms with Crippen molar-refractivity contribution in [2.24, 2.45) is 0 Å². The van der Waals surface area contributed by atoms with Crippen LogP contribution in [0.4, 0.5) is 0 Å². The molecule has 0 aliphatic rings. The fourth-order valence-corrected chi connectivity index (χ4v) is 2.98. The van der Waals surface area contributed by atoms with Gasteiger partial charge in [-0.2, -0.15) is 0 Å². The first kappa shape index (κ1) is 20.5. The topological polar surface area (TPSA) is 36.3 Å². The molecule has 0 saturated carbocycles. The molecular formula is C25H28N2O2. The molecule has 4 heteroatoms. The van der Waals surface area contributed by atoms with Crippen LogP contribution in [-0.2, 0) is 0 Å². The van der Waals surface area contributed by atoms with E-state index in [0.29, 0.717) is 13.2 Å². The first-order valence-electron chi connectivity index (χ1n) is 9.96. The van der Waals surface area contributed by atoms with Crippen LogP contribution >= 0.6 is 0 Å². The van der Waals surface area contributed by atoms with E-state index in [9.17, 15) is 0 Å². The van der Waals surface area contributed by atoms with Gasteiger partial charge in [0.1, 0.15) is 24.4 Å². The van der Waals surface area contributed by atoms with E-state index in [1.807, 2.05) is 61.8 Å². The highest BCUT2D eigenvalue weighted by molar-refractivity contribution is 5.79. The molecule has 0 aliphatic carbocycles. The zero-order valence-corrected chi connectivity index (χ0v) is 17.4. The lowest BCUT2D eigenvalue weighted by atomic mass is 10.1. The van der Waals surface area contributed by atoms with Gasteiger partial charge >= 0.3 is 0 Å². The summed E-state index contributed by atoms with van der Waals surface area (Å²) in [6, 6.07) is 14.0. The van der Waals surface area contributed by atoms with Crippen molar-refractivity contribution in [3.63, 3.8) is 0 Å². The average molecular weight is 389 g/mol. The number of allylic oxidation sites excluding steroid dienone is 4. The fourth-order valence-electron chi connectivity index (χ4n) is 2.98. The molecule has 0 amide bonds. The molecule has 0 N–H and O–H groups in total. The van der Waals surface area contributed by atoms with Crippen molar-refractivity contribution in [3.8, 4) is 17.2 Å². The number of nitrogens with zero attached hydrogens (tertiary/aromatic N) is 2. The zero-order valence-electron chi connectivity index (χ0n) is 17.4. The van der Waals surface area contributed by atoms with Crippen molar-refractivity contribution in [1.82, 2.24) is 9.55 Å². The van der Waals surface area contributed by atoms with Crippen molar-refractivity contribution in [2.75, 3.05) is 13.2 Å². The highest BCUT2D eigenvalue weighted by atomic mass is 16.5. The lowest BCUT2D eigenvalue weighted by Crippen LogP contribution is -1.98. The van der Waals surface area contributed by atoms with Crippen molar-refractivity contribution in [3.05, 3.63) is 84.7 Å². The van der Waals surface area contributed by atoms with Gasteiger partial charge < -0.3 is 9.47 Å². The Morgan fingerprint density at radius 2 is 1.79 bits per heavy atom. The van der Waals surface area contributed by atoms with Gasteiger partial charge in [-0.15, -0.1) is 0 Å². The lowest BCUT2D eigenvalue weighted by molar-refractivity contribution is 0.340. The van der Waals surface area contributed by atoms with Crippen LogP contribution in [0, 0.1) is 0 Å². The van der Waals surface area contributed by atoms with Gasteiger partial charge in [0.15, 0.2) is 0 Å². The zero-order chi connectivity index (χ0) is 20.6. The number of hydrogen-bond acceptors (Lipinski definition) is 3. The summed E-state index contributed by atoms with van der Waals surface area (Å²) in [4.78, 5) is 4.54. The van der Waals surface area contributed by atoms with Gasteiger partial charge in [-0.3, -0.25) is 4.57 Å². The Labute approximate surface area is 172 Å². The molecular weight excluding hydrogens is 360 g/mol. The third kappa shape index (κ3) is 5.17. The van der Waals surface area contributed by atoms with Crippen molar-refractivity contribution in [2.45, 2.75) is 27.2 Å². The number of hydrogen-bond donors (Lipinski definition) is 0. The van der Waals surface area contributed by atoms with E-state index in [-0.39, 0.29) is 0 Å². The Morgan fingerprint density at radius 1 is 1.03 bits per heavy atom. The first-order chi connectivity index (χ1) is 14.1. The van der Waals surface area contributed by atoms with E-state index < -0.39 is 0 Å². The third-order valence-corrected chi connectivity index (χ3v) is 4.66. The Morgan fingerprint density at radius 3 is 2.48 bits per heavy atom. The molecule has 0 spiro atoms. The minimum Gasteiger partial charge on any atom is -0.494 e. The summed E-state index contributed by atoms with van der Waals surface area (Å²) in [5, 5.41) is 0. The molecule has 0 bridgehead atoms. The number of imidazole rings is 1. The van der Waals surface area contributed by atoms with E-state index in [4.69, 9.17) is 9.47 Å². The highest BCUT2D eigenvalue weighted by Crippen LogP contribution is 2.24. The smallest absolute Gasteiger partial charge is 0.122 e. The van der Waals surface area contributed by atoms with Crippen molar-refractivity contribution >= 4 is 11.0 Å². The molecule has 0 atom stereocenters. The molecule has 1 aromatic heterocycles. The molecule has 0 unspecified atom stereocenters. The summed E-state index contributed by atoms with van der Waals surface area (Å²) in [7, 11) is 0. The van der Waals surface area contributed by atoms with Crippen LogP contribution in [-0.4, -0.2) is 22.8 Å². The van der Waals surface area contributed by atoms with Gasteiger partial charge in [0.25, 0.3) is 0 Å². The summed E-state index contributed by atoms with van der Waals surface area (Å²) >= 11 is 0. The molecule has 3 rings (SSSR count). The normalized spacial score (nSPS) is 12.2. The van der Waals surface area contributed by atoms with Crippen LogP contribution in [0.15, 0.2) is 84.7 Å². The van der Waals surface area contributed by atoms with Crippen LogP contribution < -0.4 is 9.47 Å². The van der Waals surface area contributed by atoms with Crippen LogP contribution in [0.1, 0.15) is 27.2 Å². The van der Waals surface area contributed by atoms with E-state index in [1.54, 1.807) is 0 Å². The Balaban J connectivity index is 1.72. The van der Waals surface area contributed by atoms with Gasteiger partial charge in [0.2, 0.25) is 0 Å². The predicted octanol–water partition coefficient (Wildman–Crippen LogP) is 6.27. The summed E-state index contributed by atoms with van der Waals surface area (Å²) in [5.74, 6) is 1.68. The maximum Gasteiger partial charge on any atom is 0.122 e. The summed E-state index contributed by atoms with van der Waals surface area (Å²) in [6.07, 6.45) is 8.87. The Bertz CT molecular complexity index is 1030. The molecule has 3 aromatic rings. The average Bonchev–Trinajstić information content (AvgIpc) is 3.17. The quantitative estimate of drug-likeness (QED) is 0.405.